The highest BCUT2D eigenvalue weighted by Crippen LogP contribution is 2.22. The average molecular weight is 366 g/mol. The minimum absolute atomic E-state index is 0.0251. The summed E-state index contributed by atoms with van der Waals surface area (Å²) in [6, 6.07) is 20.8. The van der Waals surface area contributed by atoms with Gasteiger partial charge in [-0.15, -0.1) is 0 Å². The normalized spacial score (nSPS) is 20.8. The number of carbonyl (C=O) groups excluding carboxylic acids is 1. The van der Waals surface area contributed by atoms with Crippen molar-refractivity contribution in [3.63, 3.8) is 0 Å². The number of para-hydroxylation sites is 1. The quantitative estimate of drug-likeness (QED) is 0.776. The van der Waals surface area contributed by atoms with Crippen molar-refractivity contribution in [2.75, 3.05) is 38.0 Å². The van der Waals surface area contributed by atoms with Gasteiger partial charge in [0.2, 0.25) is 0 Å². The van der Waals surface area contributed by atoms with Gasteiger partial charge < -0.3 is 10.2 Å². The van der Waals surface area contributed by atoms with E-state index >= 15 is 0 Å². The molecule has 0 amide bonds. The van der Waals surface area contributed by atoms with Crippen LogP contribution >= 0.6 is 0 Å². The van der Waals surface area contributed by atoms with E-state index in [1.807, 2.05) is 24.3 Å². The van der Waals surface area contributed by atoms with Gasteiger partial charge in [0.25, 0.3) is 0 Å². The van der Waals surface area contributed by atoms with Crippen molar-refractivity contribution in [2.24, 2.45) is 5.92 Å². The Morgan fingerprint density at radius 3 is 2.26 bits per heavy atom. The molecule has 0 aliphatic carbocycles. The van der Waals surface area contributed by atoms with Gasteiger partial charge >= 0.3 is 0 Å². The molecule has 0 radical (unpaired) electrons. The van der Waals surface area contributed by atoms with Gasteiger partial charge in [0.1, 0.15) is 0 Å². The minimum Gasteiger partial charge on any atom is -0.380 e. The molecule has 0 aromatic heterocycles. The van der Waals surface area contributed by atoms with Crippen molar-refractivity contribution in [1.82, 2.24) is 9.80 Å². The van der Waals surface area contributed by atoms with Crippen molar-refractivity contribution in [3.05, 3.63) is 66.2 Å². The molecule has 1 heterocycles. The van der Waals surface area contributed by atoms with Crippen LogP contribution in [0.3, 0.4) is 0 Å². The summed E-state index contributed by atoms with van der Waals surface area (Å²) in [4.78, 5) is 17.7. The zero-order chi connectivity index (χ0) is 19.1. The molecular weight excluding hydrogens is 334 g/mol. The van der Waals surface area contributed by atoms with Crippen molar-refractivity contribution < 1.29 is 4.79 Å². The zero-order valence-corrected chi connectivity index (χ0v) is 16.5. The number of Topliss-reactive ketones (excluding diaryl/α,β-unsaturated/α-hetero) is 1. The number of rotatable bonds is 8. The predicted molar refractivity (Wildman–Crippen MR) is 112 cm³/mol. The van der Waals surface area contributed by atoms with Gasteiger partial charge in [-0.3, -0.25) is 9.69 Å². The van der Waals surface area contributed by atoms with Crippen molar-refractivity contribution in [3.8, 4) is 0 Å². The molecule has 3 rings (SSSR count). The van der Waals surface area contributed by atoms with Gasteiger partial charge in [-0.2, -0.15) is 0 Å². The van der Waals surface area contributed by atoms with E-state index in [4.69, 9.17) is 0 Å². The van der Waals surface area contributed by atoms with Crippen LogP contribution in [0.1, 0.15) is 19.4 Å². The molecule has 1 N–H and O–H groups in total. The van der Waals surface area contributed by atoms with E-state index in [0.717, 1.165) is 38.4 Å². The van der Waals surface area contributed by atoms with Gasteiger partial charge in [-0.05, 0) is 30.8 Å². The van der Waals surface area contributed by atoms with Crippen LogP contribution in [0.15, 0.2) is 60.7 Å². The van der Waals surface area contributed by atoms with Gasteiger partial charge in [0, 0.05) is 31.4 Å². The fraction of sp³-hybridized carbons (Fsp3) is 0.435. The van der Waals surface area contributed by atoms with Crippen molar-refractivity contribution >= 4 is 11.5 Å². The fourth-order valence-corrected chi connectivity index (χ4v) is 3.88. The third-order valence-electron chi connectivity index (χ3n) is 5.46. The SMILES string of the molecule is CCN(CC)CC1C(=O)CN(Cc2ccccc2)CC1Nc1ccccc1. The number of hydrogen-bond donors (Lipinski definition) is 1. The first kappa shape index (κ1) is 19.6. The Morgan fingerprint density at radius 2 is 1.63 bits per heavy atom. The Labute approximate surface area is 163 Å². The number of carbonyl (C=O) groups is 1. The first-order chi connectivity index (χ1) is 13.2. The molecule has 1 aliphatic heterocycles. The van der Waals surface area contributed by atoms with E-state index in [1.165, 1.54) is 5.56 Å². The number of hydrogen-bond acceptors (Lipinski definition) is 4. The van der Waals surface area contributed by atoms with Crippen LogP contribution in [0.25, 0.3) is 0 Å². The lowest BCUT2D eigenvalue weighted by molar-refractivity contribution is -0.128. The molecule has 1 aliphatic rings. The molecule has 2 aromatic carbocycles. The Kier molecular flexibility index (Phi) is 7.02. The second-order valence-corrected chi connectivity index (χ2v) is 7.33. The lowest BCUT2D eigenvalue weighted by Crippen LogP contribution is -2.55. The Bertz CT molecular complexity index is 700. The van der Waals surface area contributed by atoms with Crippen molar-refractivity contribution in [1.29, 1.82) is 0 Å². The molecular formula is C23H31N3O. The monoisotopic (exact) mass is 365 g/mol. The summed E-state index contributed by atoms with van der Waals surface area (Å²) < 4.78 is 0. The summed E-state index contributed by atoms with van der Waals surface area (Å²) in [5, 5.41) is 3.64. The van der Waals surface area contributed by atoms with E-state index in [2.05, 4.69) is 65.4 Å². The third-order valence-corrected chi connectivity index (χ3v) is 5.46. The van der Waals surface area contributed by atoms with Crippen LogP contribution in [0.4, 0.5) is 5.69 Å². The summed E-state index contributed by atoms with van der Waals surface area (Å²) >= 11 is 0. The zero-order valence-electron chi connectivity index (χ0n) is 16.5. The van der Waals surface area contributed by atoms with E-state index in [0.29, 0.717) is 12.3 Å². The first-order valence-electron chi connectivity index (χ1n) is 10.0. The molecule has 27 heavy (non-hydrogen) atoms. The minimum atomic E-state index is 0.0251. The molecule has 0 bridgehead atoms. The third kappa shape index (κ3) is 5.41. The molecule has 2 atom stereocenters. The van der Waals surface area contributed by atoms with E-state index in [1.54, 1.807) is 0 Å². The number of likely N-dealkylation sites (tertiary alicyclic amines) is 1. The van der Waals surface area contributed by atoms with Crippen LogP contribution < -0.4 is 5.32 Å². The molecule has 2 unspecified atom stereocenters. The molecule has 0 spiro atoms. The lowest BCUT2D eigenvalue weighted by Gasteiger charge is -2.40. The number of nitrogens with zero attached hydrogens (tertiary/aromatic N) is 2. The Balaban J connectivity index is 1.75. The molecule has 144 valence electrons. The second-order valence-electron chi connectivity index (χ2n) is 7.33. The molecule has 2 aromatic rings. The highest BCUT2D eigenvalue weighted by atomic mass is 16.1. The van der Waals surface area contributed by atoms with Gasteiger partial charge in [0.05, 0.1) is 12.5 Å². The maximum absolute atomic E-state index is 13.1. The van der Waals surface area contributed by atoms with E-state index in [-0.39, 0.29) is 12.0 Å². The van der Waals surface area contributed by atoms with Gasteiger partial charge in [0.15, 0.2) is 5.78 Å². The highest BCUT2D eigenvalue weighted by molar-refractivity contribution is 5.85. The lowest BCUT2D eigenvalue weighted by atomic mass is 9.89. The second kappa shape index (κ2) is 9.67. The van der Waals surface area contributed by atoms with Gasteiger partial charge in [-0.25, -0.2) is 0 Å². The fourth-order valence-electron chi connectivity index (χ4n) is 3.88. The number of piperidine rings is 1. The summed E-state index contributed by atoms with van der Waals surface area (Å²) in [5.41, 5.74) is 2.34. The summed E-state index contributed by atoms with van der Waals surface area (Å²) in [7, 11) is 0. The maximum atomic E-state index is 13.1. The molecule has 1 saturated heterocycles. The Hall–Kier alpha value is -2.17. The standard InChI is InChI=1S/C23H31N3O/c1-3-25(4-2)16-21-22(24-20-13-9-6-10-14-20)17-26(18-23(21)27)15-19-11-7-5-8-12-19/h5-14,21-22,24H,3-4,15-18H2,1-2H3. The average Bonchev–Trinajstić information content (AvgIpc) is 2.69. The number of benzene rings is 2. The highest BCUT2D eigenvalue weighted by Gasteiger charge is 2.36. The summed E-state index contributed by atoms with van der Waals surface area (Å²) in [6.07, 6.45) is 0. The summed E-state index contributed by atoms with van der Waals surface area (Å²) in [6.45, 7) is 9.34. The molecule has 4 nitrogen and oxygen atoms in total. The number of anilines is 1. The van der Waals surface area contributed by atoms with E-state index in [9.17, 15) is 4.79 Å². The van der Waals surface area contributed by atoms with Crippen molar-refractivity contribution in [2.45, 2.75) is 26.4 Å². The number of nitrogens with one attached hydrogen (secondary N) is 1. The van der Waals surface area contributed by atoms with E-state index < -0.39 is 0 Å². The predicted octanol–water partition coefficient (Wildman–Crippen LogP) is 3.51. The molecule has 0 saturated carbocycles. The summed E-state index contributed by atoms with van der Waals surface area (Å²) in [5.74, 6) is 0.370. The Morgan fingerprint density at radius 1 is 1.00 bits per heavy atom. The smallest absolute Gasteiger partial charge is 0.153 e. The van der Waals surface area contributed by atoms with Crippen LogP contribution in [0, 0.1) is 5.92 Å². The van der Waals surface area contributed by atoms with Crippen LogP contribution in [-0.2, 0) is 11.3 Å². The van der Waals surface area contributed by atoms with Crippen LogP contribution in [0.2, 0.25) is 0 Å². The topological polar surface area (TPSA) is 35.6 Å². The van der Waals surface area contributed by atoms with Gasteiger partial charge in [-0.1, -0.05) is 62.4 Å². The number of ketones is 1. The molecule has 1 fully saturated rings. The molecule has 4 heteroatoms. The largest absolute Gasteiger partial charge is 0.380 e. The van der Waals surface area contributed by atoms with Crippen LogP contribution in [-0.4, -0.2) is 54.3 Å². The first-order valence-corrected chi connectivity index (χ1v) is 10.0. The van der Waals surface area contributed by atoms with Crippen LogP contribution in [0.5, 0.6) is 0 Å². The maximum Gasteiger partial charge on any atom is 0.153 e.